The minimum atomic E-state index is -0.963. The van der Waals surface area contributed by atoms with Crippen molar-refractivity contribution in [2.24, 2.45) is 16.7 Å². The highest BCUT2D eigenvalue weighted by Gasteiger charge is 2.49. The Morgan fingerprint density at radius 2 is 1.97 bits per heavy atom. The number of aromatic hydroxyl groups is 1. The molecule has 30 heavy (non-hydrogen) atoms. The fourth-order valence-corrected chi connectivity index (χ4v) is 6.28. The molecular formula is C27H38O3. The Morgan fingerprint density at radius 3 is 2.67 bits per heavy atom. The number of aromatic carboxylic acids is 1. The van der Waals surface area contributed by atoms with Crippen LogP contribution in [0.5, 0.6) is 5.75 Å². The van der Waals surface area contributed by atoms with Gasteiger partial charge in [-0.05, 0) is 99.3 Å². The second kappa shape index (κ2) is 8.61. The van der Waals surface area contributed by atoms with Crippen molar-refractivity contribution in [1.82, 2.24) is 0 Å². The van der Waals surface area contributed by atoms with Crippen LogP contribution < -0.4 is 0 Å². The highest BCUT2D eigenvalue weighted by atomic mass is 16.4. The number of rotatable bonds is 6. The van der Waals surface area contributed by atoms with E-state index < -0.39 is 5.97 Å². The summed E-state index contributed by atoms with van der Waals surface area (Å²) in [4.78, 5) is 11.2. The Hall–Kier alpha value is -2.03. The number of allylic oxidation sites excluding steroid dienone is 4. The van der Waals surface area contributed by atoms with Crippen LogP contribution in [-0.2, 0) is 6.42 Å². The molecule has 0 aliphatic heterocycles. The molecule has 3 nitrogen and oxygen atoms in total. The zero-order valence-corrected chi connectivity index (χ0v) is 19.3. The predicted molar refractivity (Wildman–Crippen MR) is 123 cm³/mol. The van der Waals surface area contributed by atoms with Gasteiger partial charge in [0, 0.05) is 0 Å². The second-order valence-corrected chi connectivity index (χ2v) is 10.5. The lowest BCUT2D eigenvalue weighted by molar-refractivity contribution is 0.0105. The molecule has 2 atom stereocenters. The van der Waals surface area contributed by atoms with E-state index in [2.05, 4.69) is 40.7 Å². The fraction of sp³-hybridized carbons (Fsp3) is 0.593. The number of benzene rings is 1. The third-order valence-electron chi connectivity index (χ3n) is 8.01. The van der Waals surface area contributed by atoms with E-state index in [1.807, 2.05) is 0 Å². The molecule has 2 aliphatic carbocycles. The molecule has 0 aromatic heterocycles. The van der Waals surface area contributed by atoms with Gasteiger partial charge < -0.3 is 10.2 Å². The smallest absolute Gasteiger partial charge is 0.335 e. The molecule has 0 bridgehead atoms. The lowest BCUT2D eigenvalue weighted by atomic mass is 9.50. The third-order valence-corrected chi connectivity index (χ3v) is 8.01. The van der Waals surface area contributed by atoms with Crippen LogP contribution in [0.15, 0.2) is 41.0 Å². The van der Waals surface area contributed by atoms with Gasteiger partial charge in [0.2, 0.25) is 0 Å². The van der Waals surface area contributed by atoms with Crippen LogP contribution in [-0.4, -0.2) is 16.2 Å². The molecule has 3 heteroatoms. The summed E-state index contributed by atoms with van der Waals surface area (Å²) in [7, 11) is 0. The molecular weight excluding hydrogens is 372 g/mol. The average Bonchev–Trinajstić information content (AvgIpc) is 2.65. The van der Waals surface area contributed by atoms with Gasteiger partial charge >= 0.3 is 5.97 Å². The number of carboxylic acid groups (broad SMARTS) is 1. The standard InChI is InChI=1S/C27H38O3/c1-18(7-10-20-17-21(25(29)30)11-13-23(20)28)8-12-22-19(2)9-14-24-26(3,4)15-6-16-27(22,24)5/h7,11,13,17,24,28H,6,8-10,12,14-16H2,1-5H3,(H,29,30)/t24-,27+/m0/s1. The molecule has 0 heterocycles. The lowest BCUT2D eigenvalue weighted by Crippen LogP contribution is -2.45. The minimum Gasteiger partial charge on any atom is -0.508 e. The summed E-state index contributed by atoms with van der Waals surface area (Å²) < 4.78 is 0. The van der Waals surface area contributed by atoms with E-state index in [9.17, 15) is 15.0 Å². The third kappa shape index (κ3) is 4.50. The molecule has 1 aromatic rings. The van der Waals surface area contributed by atoms with E-state index in [1.54, 1.807) is 17.2 Å². The Labute approximate surface area is 181 Å². The van der Waals surface area contributed by atoms with Crippen molar-refractivity contribution in [3.8, 4) is 5.75 Å². The van der Waals surface area contributed by atoms with Gasteiger partial charge in [0.15, 0.2) is 0 Å². The van der Waals surface area contributed by atoms with Crippen LogP contribution in [0.25, 0.3) is 0 Å². The Bertz CT molecular complexity index is 874. The molecule has 1 saturated carbocycles. The Kier molecular flexibility index (Phi) is 6.50. The van der Waals surface area contributed by atoms with Gasteiger partial charge in [-0.25, -0.2) is 4.79 Å². The zero-order chi connectivity index (χ0) is 22.1. The summed E-state index contributed by atoms with van der Waals surface area (Å²) in [5.74, 6) is -0.0259. The first-order chi connectivity index (χ1) is 14.0. The number of fused-ring (bicyclic) bond motifs is 1. The van der Waals surface area contributed by atoms with Crippen LogP contribution in [0.2, 0.25) is 0 Å². The Balaban J connectivity index is 1.71. The minimum absolute atomic E-state index is 0.162. The Morgan fingerprint density at radius 1 is 1.23 bits per heavy atom. The maximum Gasteiger partial charge on any atom is 0.335 e. The van der Waals surface area contributed by atoms with Crippen LogP contribution in [0.1, 0.15) is 95.5 Å². The summed E-state index contributed by atoms with van der Waals surface area (Å²) in [6.45, 7) is 12.0. The highest BCUT2D eigenvalue weighted by molar-refractivity contribution is 5.88. The molecule has 0 amide bonds. The summed E-state index contributed by atoms with van der Waals surface area (Å²) >= 11 is 0. The first-order valence-electron chi connectivity index (χ1n) is 11.4. The van der Waals surface area contributed by atoms with Crippen molar-refractivity contribution in [3.63, 3.8) is 0 Å². The average molecular weight is 411 g/mol. The topological polar surface area (TPSA) is 57.5 Å². The van der Waals surface area contributed by atoms with E-state index in [0.717, 1.165) is 18.8 Å². The monoisotopic (exact) mass is 410 g/mol. The normalized spacial score (nSPS) is 26.4. The van der Waals surface area contributed by atoms with Crippen molar-refractivity contribution < 1.29 is 15.0 Å². The van der Waals surface area contributed by atoms with E-state index in [1.165, 1.54) is 49.8 Å². The van der Waals surface area contributed by atoms with Gasteiger partial charge in [0.05, 0.1) is 5.56 Å². The number of hydrogen-bond acceptors (Lipinski definition) is 2. The van der Waals surface area contributed by atoms with Crippen molar-refractivity contribution in [1.29, 1.82) is 0 Å². The number of carboxylic acids is 1. The summed E-state index contributed by atoms with van der Waals surface area (Å²) in [6.07, 6.45) is 11.4. The first-order valence-corrected chi connectivity index (χ1v) is 11.4. The number of hydrogen-bond donors (Lipinski definition) is 2. The molecule has 164 valence electrons. The number of phenolic OH excluding ortho intramolecular Hbond substituents is 1. The molecule has 0 saturated heterocycles. The molecule has 1 aromatic carbocycles. The molecule has 0 spiro atoms. The predicted octanol–water partition coefficient (Wildman–Crippen LogP) is 7.30. The van der Waals surface area contributed by atoms with Gasteiger partial charge in [-0.1, -0.05) is 50.0 Å². The van der Waals surface area contributed by atoms with E-state index in [4.69, 9.17) is 0 Å². The first kappa shape index (κ1) is 22.7. The lowest BCUT2D eigenvalue weighted by Gasteiger charge is -2.55. The van der Waals surface area contributed by atoms with Crippen LogP contribution in [0.4, 0.5) is 0 Å². The quantitative estimate of drug-likeness (QED) is 0.484. The van der Waals surface area contributed by atoms with Crippen LogP contribution in [0.3, 0.4) is 0 Å². The van der Waals surface area contributed by atoms with Crippen LogP contribution >= 0.6 is 0 Å². The number of carbonyl (C=O) groups is 1. The molecule has 0 unspecified atom stereocenters. The second-order valence-electron chi connectivity index (χ2n) is 10.5. The van der Waals surface area contributed by atoms with Gasteiger partial charge in [-0.2, -0.15) is 0 Å². The van der Waals surface area contributed by atoms with Crippen molar-refractivity contribution in [3.05, 3.63) is 52.1 Å². The molecule has 2 aliphatic rings. The molecule has 0 radical (unpaired) electrons. The molecule has 3 rings (SSSR count). The largest absolute Gasteiger partial charge is 0.508 e. The van der Waals surface area contributed by atoms with Crippen LogP contribution in [0, 0.1) is 16.7 Å². The molecule has 1 fully saturated rings. The van der Waals surface area contributed by atoms with Gasteiger partial charge in [0.25, 0.3) is 0 Å². The van der Waals surface area contributed by atoms with Gasteiger partial charge in [-0.3, -0.25) is 0 Å². The number of phenols is 1. The van der Waals surface area contributed by atoms with Gasteiger partial charge in [0.1, 0.15) is 5.75 Å². The highest BCUT2D eigenvalue weighted by Crippen LogP contribution is 2.60. The maximum absolute atomic E-state index is 11.2. The van der Waals surface area contributed by atoms with Crippen molar-refractivity contribution in [2.45, 2.75) is 86.0 Å². The van der Waals surface area contributed by atoms with E-state index >= 15 is 0 Å². The zero-order valence-electron chi connectivity index (χ0n) is 19.3. The SMILES string of the molecule is CC(=CCc1cc(C(=O)O)ccc1O)CCC1=C(C)CC[C@H]2C(C)(C)CCC[C@]12C. The van der Waals surface area contributed by atoms with Crippen molar-refractivity contribution >= 4 is 5.97 Å². The maximum atomic E-state index is 11.2. The summed E-state index contributed by atoms with van der Waals surface area (Å²) in [6, 6.07) is 4.49. The molecule has 2 N–H and O–H groups in total. The van der Waals surface area contributed by atoms with E-state index in [-0.39, 0.29) is 11.3 Å². The fourth-order valence-electron chi connectivity index (χ4n) is 6.28. The van der Waals surface area contributed by atoms with Gasteiger partial charge in [-0.15, -0.1) is 0 Å². The summed E-state index contributed by atoms with van der Waals surface area (Å²) in [5.41, 5.74) is 6.24. The van der Waals surface area contributed by atoms with E-state index in [0.29, 0.717) is 22.8 Å². The van der Waals surface area contributed by atoms with Crippen molar-refractivity contribution in [2.75, 3.05) is 0 Å². The summed E-state index contributed by atoms with van der Waals surface area (Å²) in [5, 5.41) is 19.3.